The van der Waals surface area contributed by atoms with Gasteiger partial charge in [0.15, 0.2) is 5.82 Å². The van der Waals surface area contributed by atoms with Gasteiger partial charge in [-0.1, -0.05) is 27.5 Å². The van der Waals surface area contributed by atoms with E-state index in [0.717, 1.165) is 4.47 Å². The first-order valence-corrected chi connectivity index (χ1v) is 9.74. The molecule has 0 fully saturated rings. The van der Waals surface area contributed by atoms with Gasteiger partial charge in [0.05, 0.1) is 39.4 Å². The molecule has 1 amide bonds. The monoisotopic (exact) mass is 484 g/mol. The Morgan fingerprint density at radius 3 is 2.79 bits per heavy atom. The minimum absolute atomic E-state index is 0.00617. The molecule has 0 aliphatic heterocycles. The van der Waals surface area contributed by atoms with Crippen molar-refractivity contribution in [3.63, 3.8) is 0 Å². The van der Waals surface area contributed by atoms with Crippen LogP contribution in [0.2, 0.25) is 5.02 Å². The summed E-state index contributed by atoms with van der Waals surface area (Å²) >= 11 is 9.55. The normalized spacial score (nSPS) is 11.7. The van der Waals surface area contributed by atoms with Crippen LogP contribution in [0.1, 0.15) is 24.2 Å². The van der Waals surface area contributed by atoms with Gasteiger partial charge < -0.3 is 15.0 Å². The van der Waals surface area contributed by atoms with Crippen LogP contribution in [0, 0.1) is 5.82 Å². The molecular formula is C19H19BrClFN4O3. The minimum Gasteiger partial charge on any atom is -0.388 e. The van der Waals surface area contributed by atoms with Crippen LogP contribution in [0.4, 0.5) is 15.8 Å². The number of aryl methyl sites for hydroxylation is 1. The van der Waals surface area contributed by atoms with E-state index in [1.54, 1.807) is 29.8 Å². The molecule has 0 spiro atoms. The molecule has 2 aromatic carbocycles. The highest BCUT2D eigenvalue weighted by atomic mass is 79.9. The third kappa shape index (κ3) is 4.87. The highest BCUT2D eigenvalue weighted by Gasteiger charge is 2.23. The number of hydroxylamine groups is 1. The number of hydrogen-bond donors (Lipinski definition) is 3. The van der Waals surface area contributed by atoms with Crippen LogP contribution in [0.5, 0.6) is 0 Å². The maximum absolute atomic E-state index is 15.3. The largest absolute Gasteiger partial charge is 0.388 e. The van der Waals surface area contributed by atoms with E-state index in [1.807, 2.05) is 0 Å². The van der Waals surface area contributed by atoms with Crippen LogP contribution in [0.3, 0.4) is 0 Å². The number of carbonyl (C=O) groups is 1. The van der Waals surface area contributed by atoms with E-state index in [1.165, 1.54) is 26.2 Å². The minimum atomic E-state index is -1.14. The first kappa shape index (κ1) is 21.5. The van der Waals surface area contributed by atoms with Crippen LogP contribution in [0.25, 0.3) is 11.0 Å². The van der Waals surface area contributed by atoms with Gasteiger partial charge in [-0.15, -0.1) is 0 Å². The van der Waals surface area contributed by atoms with E-state index < -0.39 is 17.3 Å². The van der Waals surface area contributed by atoms with E-state index in [0.29, 0.717) is 16.2 Å². The Morgan fingerprint density at radius 1 is 1.41 bits per heavy atom. The highest BCUT2D eigenvalue weighted by Crippen LogP contribution is 2.34. The number of benzene rings is 2. The first-order chi connectivity index (χ1) is 13.6. The van der Waals surface area contributed by atoms with Crippen LogP contribution >= 0.6 is 27.5 Å². The Bertz CT molecular complexity index is 1080. The lowest BCUT2D eigenvalue weighted by atomic mass is 10.1. The molecule has 154 valence electrons. The molecule has 1 aromatic heterocycles. The lowest BCUT2D eigenvalue weighted by Crippen LogP contribution is -2.33. The molecule has 7 nitrogen and oxygen atoms in total. The quantitative estimate of drug-likeness (QED) is 0.453. The number of amides is 1. The number of nitrogens with zero attached hydrogens (tertiary/aromatic N) is 2. The summed E-state index contributed by atoms with van der Waals surface area (Å²) in [7, 11) is 1.69. The molecule has 0 aliphatic carbocycles. The van der Waals surface area contributed by atoms with Crippen LogP contribution in [-0.2, 0) is 11.9 Å². The summed E-state index contributed by atoms with van der Waals surface area (Å²) in [5.41, 5.74) is 1.95. The van der Waals surface area contributed by atoms with Crippen molar-refractivity contribution in [1.82, 2.24) is 15.0 Å². The van der Waals surface area contributed by atoms with Crippen LogP contribution < -0.4 is 10.8 Å². The second-order valence-electron chi connectivity index (χ2n) is 7.12. The number of hydrogen-bond acceptors (Lipinski definition) is 5. The van der Waals surface area contributed by atoms with Crippen molar-refractivity contribution < 1.29 is 19.1 Å². The fourth-order valence-corrected chi connectivity index (χ4v) is 3.31. The highest BCUT2D eigenvalue weighted by molar-refractivity contribution is 9.10. The predicted molar refractivity (Wildman–Crippen MR) is 113 cm³/mol. The van der Waals surface area contributed by atoms with Crippen molar-refractivity contribution in [1.29, 1.82) is 0 Å². The summed E-state index contributed by atoms with van der Waals surface area (Å²) < 4.78 is 17.6. The number of nitrogens with one attached hydrogen (secondary N) is 2. The topological polar surface area (TPSA) is 88.4 Å². The number of carbonyl (C=O) groups excluding carboxylic acids is 1. The van der Waals surface area contributed by atoms with Crippen molar-refractivity contribution in [2.75, 3.05) is 11.9 Å². The van der Waals surface area contributed by atoms with Gasteiger partial charge in [-0.2, -0.15) is 0 Å². The average Bonchev–Trinajstić information content (AvgIpc) is 2.99. The van der Waals surface area contributed by atoms with Crippen LogP contribution in [-0.4, -0.2) is 32.8 Å². The molecule has 0 atom stereocenters. The molecule has 0 saturated heterocycles. The standard InChI is InChI=1S/C19H19BrClFN4O3/c1-19(2,28)8-29-25-18(27)11-7-14-17(23-9-26(14)3)15(22)16(11)24-13-5-4-10(20)6-12(13)21/h4-7,9,24,28H,8H2,1-3H3,(H,25,27). The van der Waals surface area contributed by atoms with Gasteiger partial charge in [0.25, 0.3) is 5.91 Å². The van der Waals surface area contributed by atoms with Gasteiger partial charge in [-0.3, -0.25) is 9.63 Å². The maximum atomic E-state index is 15.3. The number of imidazole rings is 1. The van der Waals surface area contributed by atoms with E-state index in [-0.39, 0.29) is 23.4 Å². The summed E-state index contributed by atoms with van der Waals surface area (Å²) in [6, 6.07) is 6.54. The van der Waals surface area contributed by atoms with Gasteiger partial charge in [0.1, 0.15) is 12.1 Å². The van der Waals surface area contributed by atoms with Crippen molar-refractivity contribution in [2.45, 2.75) is 19.4 Å². The zero-order valence-corrected chi connectivity index (χ0v) is 18.2. The third-order valence-corrected chi connectivity index (χ3v) is 4.79. The van der Waals surface area contributed by atoms with Crippen molar-refractivity contribution in [3.05, 3.63) is 51.5 Å². The number of fused-ring (bicyclic) bond motifs is 1. The molecule has 29 heavy (non-hydrogen) atoms. The summed E-state index contributed by atoms with van der Waals surface area (Å²) in [6.07, 6.45) is 1.45. The van der Waals surface area contributed by atoms with E-state index in [2.05, 4.69) is 31.7 Å². The zero-order chi connectivity index (χ0) is 21.3. The first-order valence-electron chi connectivity index (χ1n) is 8.57. The zero-order valence-electron chi connectivity index (χ0n) is 15.9. The number of aromatic nitrogens is 2. The van der Waals surface area contributed by atoms with E-state index in [4.69, 9.17) is 16.4 Å². The molecule has 10 heteroatoms. The molecular weight excluding hydrogens is 467 g/mol. The Balaban J connectivity index is 2.03. The molecule has 0 radical (unpaired) electrons. The fraction of sp³-hybridized carbons (Fsp3) is 0.263. The molecule has 0 bridgehead atoms. The lowest BCUT2D eigenvalue weighted by Gasteiger charge is -2.18. The second-order valence-corrected chi connectivity index (χ2v) is 8.44. The summed E-state index contributed by atoms with van der Waals surface area (Å²) in [5.74, 6) is -1.39. The fourth-order valence-electron chi connectivity index (χ4n) is 2.58. The van der Waals surface area contributed by atoms with E-state index >= 15 is 4.39 Å². The van der Waals surface area contributed by atoms with Crippen LogP contribution in [0.15, 0.2) is 35.1 Å². The molecule has 3 N–H and O–H groups in total. The molecule has 0 aliphatic rings. The number of halogens is 3. The smallest absolute Gasteiger partial charge is 0.277 e. The Labute approximate surface area is 179 Å². The van der Waals surface area contributed by atoms with E-state index in [9.17, 15) is 9.90 Å². The Kier molecular flexibility index (Phi) is 6.13. The maximum Gasteiger partial charge on any atom is 0.277 e. The second kappa shape index (κ2) is 8.27. The summed E-state index contributed by atoms with van der Waals surface area (Å²) in [6.45, 7) is 2.92. The number of rotatable bonds is 6. The number of anilines is 2. The van der Waals surface area contributed by atoms with Gasteiger partial charge in [-0.05, 0) is 38.1 Å². The lowest BCUT2D eigenvalue weighted by molar-refractivity contribution is -0.0522. The Hall–Kier alpha value is -2.20. The third-order valence-electron chi connectivity index (χ3n) is 3.99. The molecule has 3 rings (SSSR count). The average molecular weight is 486 g/mol. The Morgan fingerprint density at radius 2 is 2.14 bits per heavy atom. The van der Waals surface area contributed by atoms with Crippen molar-refractivity contribution in [2.24, 2.45) is 7.05 Å². The molecule has 0 saturated carbocycles. The number of aliphatic hydroxyl groups is 1. The van der Waals surface area contributed by atoms with Crippen molar-refractivity contribution >= 4 is 55.8 Å². The van der Waals surface area contributed by atoms with Gasteiger partial charge in [0.2, 0.25) is 0 Å². The van der Waals surface area contributed by atoms with Gasteiger partial charge >= 0.3 is 0 Å². The summed E-state index contributed by atoms with van der Waals surface area (Å²) in [5, 5.41) is 12.9. The summed E-state index contributed by atoms with van der Waals surface area (Å²) in [4.78, 5) is 21.8. The van der Waals surface area contributed by atoms with Gasteiger partial charge in [0, 0.05) is 11.5 Å². The predicted octanol–water partition coefficient (Wildman–Crippen LogP) is 4.30. The SMILES string of the molecule is Cn1cnc2c(F)c(Nc3ccc(Br)cc3Cl)c(C(=O)NOCC(C)(C)O)cc21. The molecule has 1 heterocycles. The van der Waals surface area contributed by atoms with Crippen molar-refractivity contribution in [3.8, 4) is 0 Å². The molecule has 3 aromatic rings. The molecule has 0 unspecified atom stereocenters. The van der Waals surface area contributed by atoms with Gasteiger partial charge in [-0.25, -0.2) is 14.9 Å².